The van der Waals surface area contributed by atoms with Gasteiger partial charge in [0.05, 0.1) is 12.8 Å². The Morgan fingerprint density at radius 2 is 1.83 bits per heavy atom. The number of sulfonamides is 1. The van der Waals surface area contributed by atoms with Crippen LogP contribution in [0.4, 0.5) is 0 Å². The van der Waals surface area contributed by atoms with Crippen LogP contribution in [0.15, 0.2) is 30.3 Å². The van der Waals surface area contributed by atoms with Crippen LogP contribution in [0.1, 0.15) is 25.8 Å². The smallest absolute Gasteiger partial charge is 0.238 e. The molecule has 0 aliphatic heterocycles. The molecule has 0 radical (unpaired) electrons. The van der Waals surface area contributed by atoms with Gasteiger partial charge in [-0.05, 0) is 25.8 Å². The van der Waals surface area contributed by atoms with Gasteiger partial charge in [-0.25, -0.2) is 8.42 Å². The maximum atomic E-state index is 12.7. The minimum Gasteiger partial charge on any atom is -0.385 e. The highest BCUT2D eigenvalue weighted by Gasteiger charge is 2.24. The van der Waals surface area contributed by atoms with Gasteiger partial charge in [-0.1, -0.05) is 30.3 Å². The Morgan fingerprint density at radius 3 is 2.33 bits per heavy atom. The topological polar surface area (TPSA) is 66.9 Å². The van der Waals surface area contributed by atoms with Crippen molar-refractivity contribution < 1.29 is 17.9 Å². The molecule has 0 atom stereocenters. The number of rotatable bonds is 10. The lowest BCUT2D eigenvalue weighted by Crippen LogP contribution is -2.45. The van der Waals surface area contributed by atoms with Gasteiger partial charge >= 0.3 is 0 Å². The summed E-state index contributed by atoms with van der Waals surface area (Å²) < 4.78 is 30.0. The summed E-state index contributed by atoms with van der Waals surface area (Å²) in [4.78, 5) is 14.4. The fourth-order valence-corrected chi connectivity index (χ4v) is 3.13. The van der Waals surface area contributed by atoms with Gasteiger partial charge in [0.25, 0.3) is 0 Å². The molecule has 0 unspecified atom stereocenters. The SMILES string of the molecule is COCCCN(CC(=O)N(Cc1ccccc1)C(C)C)S(C)(=O)=O. The normalized spacial score (nSPS) is 11.9. The lowest BCUT2D eigenvalue weighted by molar-refractivity contribution is -0.133. The second kappa shape index (κ2) is 9.76. The Balaban J connectivity index is 2.81. The Hall–Kier alpha value is -1.44. The molecule has 0 saturated carbocycles. The molecule has 1 amide bonds. The molecule has 0 heterocycles. The third-order valence-electron chi connectivity index (χ3n) is 3.68. The van der Waals surface area contributed by atoms with E-state index in [1.807, 2.05) is 44.2 Å². The molecule has 0 aromatic heterocycles. The molecule has 0 fully saturated rings. The minimum atomic E-state index is -3.44. The highest BCUT2D eigenvalue weighted by molar-refractivity contribution is 7.88. The summed E-state index contributed by atoms with van der Waals surface area (Å²) >= 11 is 0. The van der Waals surface area contributed by atoms with E-state index < -0.39 is 10.0 Å². The van der Waals surface area contributed by atoms with Crippen LogP contribution in [0.5, 0.6) is 0 Å². The van der Waals surface area contributed by atoms with Crippen LogP contribution in [0.25, 0.3) is 0 Å². The van der Waals surface area contributed by atoms with Crippen molar-refractivity contribution in [2.75, 3.05) is 33.1 Å². The summed E-state index contributed by atoms with van der Waals surface area (Å²) in [7, 11) is -1.88. The Kier molecular flexibility index (Phi) is 8.38. The number of hydrogen-bond acceptors (Lipinski definition) is 4. The van der Waals surface area contributed by atoms with E-state index in [1.54, 1.807) is 12.0 Å². The molecule has 0 aliphatic rings. The quantitative estimate of drug-likeness (QED) is 0.599. The second-order valence-corrected chi connectivity index (χ2v) is 8.03. The Bertz CT molecular complexity index is 602. The second-order valence-electron chi connectivity index (χ2n) is 6.04. The zero-order valence-electron chi connectivity index (χ0n) is 14.9. The summed E-state index contributed by atoms with van der Waals surface area (Å²) in [6, 6.07) is 9.66. The number of hydrogen-bond donors (Lipinski definition) is 0. The Labute approximate surface area is 145 Å². The summed E-state index contributed by atoms with van der Waals surface area (Å²) in [6.07, 6.45) is 1.68. The minimum absolute atomic E-state index is 0.0157. The number of amides is 1. The summed E-state index contributed by atoms with van der Waals surface area (Å²) in [5.74, 6) is -0.198. The third kappa shape index (κ3) is 6.98. The van der Waals surface area contributed by atoms with Gasteiger partial charge in [0.15, 0.2) is 0 Å². The van der Waals surface area contributed by atoms with E-state index in [4.69, 9.17) is 4.74 Å². The van der Waals surface area contributed by atoms with Crippen molar-refractivity contribution in [2.24, 2.45) is 0 Å². The van der Waals surface area contributed by atoms with Crippen LogP contribution < -0.4 is 0 Å². The van der Waals surface area contributed by atoms with Crippen LogP contribution in [-0.2, 0) is 26.1 Å². The van der Waals surface area contributed by atoms with Crippen molar-refractivity contribution in [3.05, 3.63) is 35.9 Å². The molecule has 0 aliphatic carbocycles. The zero-order valence-corrected chi connectivity index (χ0v) is 15.8. The average Bonchev–Trinajstić information content (AvgIpc) is 2.51. The molecule has 1 aromatic rings. The monoisotopic (exact) mass is 356 g/mol. The first-order valence-corrected chi connectivity index (χ1v) is 9.88. The molecule has 0 bridgehead atoms. The number of benzene rings is 1. The summed E-state index contributed by atoms with van der Waals surface area (Å²) in [6.45, 7) is 4.90. The molecule has 0 N–H and O–H groups in total. The van der Waals surface area contributed by atoms with Crippen molar-refractivity contribution in [3.63, 3.8) is 0 Å². The first kappa shape index (κ1) is 20.6. The third-order valence-corrected chi connectivity index (χ3v) is 4.93. The lowest BCUT2D eigenvalue weighted by atomic mass is 10.2. The molecule has 136 valence electrons. The van der Waals surface area contributed by atoms with Gasteiger partial charge in [-0.3, -0.25) is 4.79 Å². The van der Waals surface area contributed by atoms with E-state index in [0.29, 0.717) is 19.6 Å². The van der Waals surface area contributed by atoms with Gasteiger partial charge in [-0.2, -0.15) is 4.31 Å². The van der Waals surface area contributed by atoms with E-state index in [9.17, 15) is 13.2 Å². The number of carbonyl (C=O) groups is 1. The van der Waals surface area contributed by atoms with E-state index in [2.05, 4.69) is 0 Å². The maximum Gasteiger partial charge on any atom is 0.238 e. The van der Waals surface area contributed by atoms with Gasteiger partial charge in [0.2, 0.25) is 15.9 Å². The van der Waals surface area contributed by atoms with Crippen LogP contribution in [0.2, 0.25) is 0 Å². The number of nitrogens with zero attached hydrogens (tertiary/aromatic N) is 2. The predicted molar refractivity (Wildman–Crippen MR) is 95.0 cm³/mol. The summed E-state index contributed by atoms with van der Waals surface area (Å²) in [5, 5.41) is 0. The van der Waals surface area contributed by atoms with Gasteiger partial charge in [0.1, 0.15) is 0 Å². The van der Waals surface area contributed by atoms with E-state index in [-0.39, 0.29) is 25.0 Å². The largest absolute Gasteiger partial charge is 0.385 e. The number of carbonyl (C=O) groups excluding carboxylic acids is 1. The fraction of sp³-hybridized carbons (Fsp3) is 0.588. The maximum absolute atomic E-state index is 12.7. The average molecular weight is 356 g/mol. The zero-order chi connectivity index (χ0) is 18.2. The molecule has 1 aromatic carbocycles. The molecule has 0 spiro atoms. The van der Waals surface area contributed by atoms with E-state index in [0.717, 1.165) is 11.8 Å². The van der Waals surface area contributed by atoms with Crippen molar-refractivity contribution in [1.82, 2.24) is 9.21 Å². The Morgan fingerprint density at radius 1 is 1.21 bits per heavy atom. The molecular formula is C17H28N2O4S. The standard InChI is InChI=1S/C17H28N2O4S/c1-15(2)19(13-16-9-6-5-7-10-16)17(20)14-18(24(4,21)22)11-8-12-23-3/h5-7,9-10,15H,8,11-14H2,1-4H3. The molecule has 7 heteroatoms. The van der Waals surface area contributed by atoms with E-state index in [1.165, 1.54) is 4.31 Å². The van der Waals surface area contributed by atoms with Gasteiger partial charge < -0.3 is 9.64 Å². The van der Waals surface area contributed by atoms with Crippen molar-refractivity contribution >= 4 is 15.9 Å². The van der Waals surface area contributed by atoms with E-state index >= 15 is 0 Å². The molecule has 24 heavy (non-hydrogen) atoms. The van der Waals surface area contributed by atoms with Crippen molar-refractivity contribution in [2.45, 2.75) is 32.9 Å². The van der Waals surface area contributed by atoms with Gasteiger partial charge in [0, 0.05) is 32.8 Å². The van der Waals surface area contributed by atoms with Crippen molar-refractivity contribution in [1.29, 1.82) is 0 Å². The molecule has 0 saturated heterocycles. The number of methoxy groups -OCH3 is 1. The van der Waals surface area contributed by atoms with Crippen LogP contribution in [0.3, 0.4) is 0 Å². The van der Waals surface area contributed by atoms with Crippen LogP contribution >= 0.6 is 0 Å². The summed E-state index contributed by atoms with van der Waals surface area (Å²) in [5.41, 5.74) is 1.02. The first-order valence-electron chi connectivity index (χ1n) is 8.03. The van der Waals surface area contributed by atoms with Crippen molar-refractivity contribution in [3.8, 4) is 0 Å². The molecule has 1 rings (SSSR count). The lowest BCUT2D eigenvalue weighted by Gasteiger charge is -2.29. The highest BCUT2D eigenvalue weighted by atomic mass is 32.2. The molecular weight excluding hydrogens is 328 g/mol. The van der Waals surface area contributed by atoms with Crippen LogP contribution in [-0.4, -0.2) is 62.6 Å². The molecule has 6 nitrogen and oxygen atoms in total. The van der Waals surface area contributed by atoms with Gasteiger partial charge in [-0.15, -0.1) is 0 Å². The number of ether oxygens (including phenoxy) is 1. The predicted octanol–water partition coefficient (Wildman–Crippen LogP) is 1.72. The fourth-order valence-electron chi connectivity index (χ4n) is 2.33. The highest BCUT2D eigenvalue weighted by Crippen LogP contribution is 2.10. The van der Waals surface area contributed by atoms with Crippen LogP contribution in [0, 0.1) is 0 Å². The first-order chi connectivity index (χ1) is 11.3.